The number of nitrogens with zero attached hydrogens (tertiary/aromatic N) is 1. The Morgan fingerprint density at radius 1 is 0.969 bits per heavy atom. The van der Waals surface area contributed by atoms with Gasteiger partial charge in [0.1, 0.15) is 11.5 Å². The van der Waals surface area contributed by atoms with E-state index in [1.54, 1.807) is 19.2 Å². The van der Waals surface area contributed by atoms with Gasteiger partial charge < -0.3 is 9.47 Å². The molecule has 9 heteroatoms. The van der Waals surface area contributed by atoms with E-state index in [1.165, 1.54) is 25.3 Å². The van der Waals surface area contributed by atoms with Crippen molar-refractivity contribution >= 4 is 27.5 Å². The minimum Gasteiger partial charge on any atom is -0.497 e. The molecule has 3 rings (SSSR count). The summed E-state index contributed by atoms with van der Waals surface area (Å²) in [4.78, 5) is 25.4. The zero-order chi connectivity index (χ0) is 23.5. The van der Waals surface area contributed by atoms with Crippen molar-refractivity contribution in [2.24, 2.45) is 5.92 Å². The van der Waals surface area contributed by atoms with Crippen LogP contribution in [0.15, 0.2) is 47.4 Å². The summed E-state index contributed by atoms with van der Waals surface area (Å²) in [6, 6.07) is 10.9. The number of rotatable bonds is 9. The number of anilines is 1. The Morgan fingerprint density at radius 2 is 1.59 bits per heavy atom. The lowest BCUT2D eigenvalue weighted by Gasteiger charge is -2.22. The summed E-state index contributed by atoms with van der Waals surface area (Å²) >= 11 is 0. The molecular formula is C23H28N2O6S. The van der Waals surface area contributed by atoms with Gasteiger partial charge in [0.05, 0.1) is 24.8 Å². The quantitative estimate of drug-likeness (QED) is 0.576. The van der Waals surface area contributed by atoms with Gasteiger partial charge in [-0.3, -0.25) is 9.59 Å². The molecule has 1 fully saturated rings. The van der Waals surface area contributed by atoms with Crippen molar-refractivity contribution in [1.29, 1.82) is 0 Å². The number of carbonyl (C=O) groups is 2. The number of hydrogen-bond donors (Lipinski definition) is 1. The lowest BCUT2D eigenvalue weighted by atomic mass is 9.98. The zero-order valence-corrected chi connectivity index (χ0v) is 19.4. The van der Waals surface area contributed by atoms with Crippen LogP contribution < -0.4 is 19.1 Å². The average molecular weight is 461 g/mol. The predicted molar refractivity (Wildman–Crippen MR) is 120 cm³/mol. The number of benzene rings is 2. The van der Waals surface area contributed by atoms with Crippen LogP contribution in [0.2, 0.25) is 0 Å². The van der Waals surface area contributed by atoms with E-state index in [0.29, 0.717) is 12.2 Å². The maximum Gasteiger partial charge on any atom is 0.241 e. The van der Waals surface area contributed by atoms with Gasteiger partial charge in [0.2, 0.25) is 21.8 Å². The third kappa shape index (κ3) is 5.11. The molecule has 1 aliphatic heterocycles. The van der Waals surface area contributed by atoms with Gasteiger partial charge in [-0.05, 0) is 48.2 Å². The SMILES string of the molecule is COc1ccc([C@@H](CC(C)C)NS(=O)(=O)c2ccc(OC)c(N3C(=O)CCC3=O)c2)cc1. The summed E-state index contributed by atoms with van der Waals surface area (Å²) < 4.78 is 39.8. The second-order valence-electron chi connectivity index (χ2n) is 8.03. The predicted octanol–water partition coefficient (Wildman–Crippen LogP) is 3.42. The Labute approximate surface area is 188 Å². The van der Waals surface area contributed by atoms with Gasteiger partial charge in [-0.25, -0.2) is 18.0 Å². The molecule has 1 saturated heterocycles. The third-order valence-electron chi connectivity index (χ3n) is 5.28. The molecule has 1 atom stereocenters. The van der Waals surface area contributed by atoms with Crippen LogP contribution in [0, 0.1) is 5.92 Å². The topological polar surface area (TPSA) is 102 Å². The lowest BCUT2D eigenvalue weighted by molar-refractivity contribution is -0.121. The molecule has 2 amide bonds. The number of amides is 2. The van der Waals surface area contributed by atoms with Crippen LogP contribution in [-0.4, -0.2) is 34.5 Å². The van der Waals surface area contributed by atoms with E-state index in [1.807, 2.05) is 26.0 Å². The van der Waals surface area contributed by atoms with Gasteiger partial charge >= 0.3 is 0 Å². The van der Waals surface area contributed by atoms with Crippen molar-refractivity contribution in [1.82, 2.24) is 4.72 Å². The van der Waals surface area contributed by atoms with Crippen LogP contribution in [0.5, 0.6) is 11.5 Å². The van der Waals surface area contributed by atoms with Crippen LogP contribution in [0.3, 0.4) is 0 Å². The minimum atomic E-state index is -3.97. The summed E-state index contributed by atoms with van der Waals surface area (Å²) in [6.45, 7) is 4.03. The summed E-state index contributed by atoms with van der Waals surface area (Å²) in [6.07, 6.45) is 0.758. The molecule has 2 aromatic rings. The van der Waals surface area contributed by atoms with Crippen LogP contribution in [0.25, 0.3) is 0 Å². The van der Waals surface area contributed by atoms with Gasteiger partial charge in [-0.2, -0.15) is 0 Å². The zero-order valence-electron chi connectivity index (χ0n) is 18.6. The van der Waals surface area contributed by atoms with E-state index in [4.69, 9.17) is 9.47 Å². The summed E-state index contributed by atoms with van der Waals surface area (Å²) in [5.41, 5.74) is 0.939. The smallest absolute Gasteiger partial charge is 0.241 e. The molecule has 2 aromatic carbocycles. The Hall–Kier alpha value is -2.91. The van der Waals surface area contributed by atoms with Crippen LogP contribution >= 0.6 is 0 Å². The standard InChI is InChI=1S/C23H28N2O6S/c1-15(2)13-19(16-5-7-17(30-3)8-6-16)24-32(28,29)18-9-10-21(31-4)20(14-18)25-22(26)11-12-23(25)27/h5-10,14-15,19,24H,11-13H2,1-4H3/t19-/m1/s1. The Bertz CT molecular complexity index is 1080. The van der Waals surface area contributed by atoms with Gasteiger partial charge in [-0.1, -0.05) is 26.0 Å². The van der Waals surface area contributed by atoms with Gasteiger partial charge in [0.15, 0.2) is 0 Å². The molecule has 0 spiro atoms. The second-order valence-corrected chi connectivity index (χ2v) is 9.75. The van der Waals surface area contributed by atoms with Crippen molar-refractivity contribution in [3.05, 3.63) is 48.0 Å². The largest absolute Gasteiger partial charge is 0.497 e. The monoisotopic (exact) mass is 460 g/mol. The van der Waals surface area contributed by atoms with Crippen molar-refractivity contribution in [3.63, 3.8) is 0 Å². The molecule has 1 aliphatic rings. The van der Waals surface area contributed by atoms with Gasteiger partial charge in [0.25, 0.3) is 0 Å². The molecule has 0 unspecified atom stereocenters. The van der Waals surface area contributed by atoms with Crippen molar-refractivity contribution in [2.75, 3.05) is 19.1 Å². The molecule has 1 heterocycles. The maximum atomic E-state index is 13.3. The molecule has 32 heavy (non-hydrogen) atoms. The minimum absolute atomic E-state index is 0.0527. The number of methoxy groups -OCH3 is 2. The van der Waals surface area contributed by atoms with E-state index in [9.17, 15) is 18.0 Å². The summed E-state index contributed by atoms with van der Waals surface area (Å²) in [5.74, 6) is 0.399. The van der Waals surface area contributed by atoms with E-state index in [0.717, 1.165) is 10.5 Å². The number of imide groups is 1. The van der Waals surface area contributed by atoms with Crippen molar-refractivity contribution in [3.8, 4) is 11.5 Å². The first-order valence-electron chi connectivity index (χ1n) is 10.4. The molecule has 172 valence electrons. The molecular weight excluding hydrogens is 432 g/mol. The lowest BCUT2D eigenvalue weighted by Crippen LogP contribution is -2.31. The number of hydrogen-bond acceptors (Lipinski definition) is 6. The Morgan fingerprint density at radius 3 is 2.12 bits per heavy atom. The first-order valence-corrected chi connectivity index (χ1v) is 11.8. The highest BCUT2D eigenvalue weighted by atomic mass is 32.2. The van der Waals surface area contributed by atoms with Crippen molar-refractivity contribution in [2.45, 2.75) is 44.0 Å². The Kier molecular flexibility index (Phi) is 7.20. The van der Waals surface area contributed by atoms with Crippen LogP contribution in [0.1, 0.15) is 44.7 Å². The highest BCUT2D eigenvalue weighted by Gasteiger charge is 2.33. The highest BCUT2D eigenvalue weighted by Crippen LogP contribution is 2.35. The molecule has 0 saturated carbocycles. The van der Waals surface area contributed by atoms with Crippen LogP contribution in [0.4, 0.5) is 5.69 Å². The average Bonchev–Trinajstić information content (AvgIpc) is 3.10. The molecule has 8 nitrogen and oxygen atoms in total. The second kappa shape index (κ2) is 9.70. The third-order valence-corrected chi connectivity index (χ3v) is 6.75. The fraction of sp³-hybridized carbons (Fsp3) is 0.391. The van der Waals surface area contributed by atoms with E-state index < -0.39 is 16.1 Å². The van der Waals surface area contributed by atoms with E-state index in [-0.39, 0.29) is 46.9 Å². The highest BCUT2D eigenvalue weighted by molar-refractivity contribution is 7.89. The number of carbonyl (C=O) groups excluding carboxylic acids is 2. The first kappa shape index (κ1) is 23.7. The molecule has 0 bridgehead atoms. The van der Waals surface area contributed by atoms with Crippen molar-refractivity contribution < 1.29 is 27.5 Å². The summed E-state index contributed by atoms with van der Waals surface area (Å²) in [5, 5.41) is 0. The molecule has 0 aromatic heterocycles. The fourth-order valence-electron chi connectivity index (χ4n) is 3.67. The van der Waals surface area contributed by atoms with Gasteiger partial charge in [0, 0.05) is 18.9 Å². The molecule has 1 N–H and O–H groups in total. The number of ether oxygens (including phenoxy) is 2. The molecule has 0 radical (unpaired) electrons. The fourth-order valence-corrected chi connectivity index (χ4v) is 4.93. The number of sulfonamides is 1. The van der Waals surface area contributed by atoms with Gasteiger partial charge in [-0.15, -0.1) is 0 Å². The maximum absolute atomic E-state index is 13.3. The van der Waals surface area contributed by atoms with Crippen LogP contribution in [-0.2, 0) is 19.6 Å². The molecule has 0 aliphatic carbocycles. The summed E-state index contributed by atoms with van der Waals surface area (Å²) in [7, 11) is -0.996. The Balaban J connectivity index is 1.96. The first-order chi connectivity index (χ1) is 15.2. The van der Waals surface area contributed by atoms with E-state index in [2.05, 4.69) is 4.72 Å². The van der Waals surface area contributed by atoms with E-state index >= 15 is 0 Å². The normalized spacial score (nSPS) is 15.3. The number of nitrogens with one attached hydrogen (secondary N) is 1.